The monoisotopic (exact) mass is 476 g/mol. The second-order valence-corrected chi connectivity index (χ2v) is 9.41. The van der Waals surface area contributed by atoms with Crippen LogP contribution in [0.3, 0.4) is 0 Å². The second-order valence-electron chi connectivity index (χ2n) is 8.40. The van der Waals surface area contributed by atoms with Crippen molar-refractivity contribution < 1.29 is 13.2 Å². The van der Waals surface area contributed by atoms with Gasteiger partial charge in [-0.1, -0.05) is 54.1 Å². The standard InChI is InChI=1S/C26H19F3N4S/c1-15-11-13-17(14-12-15)23-22-16(2)31-33(19-8-4-3-7-18(19)26(27,28)29)24(22)30-25-32(23)20-9-5-6-10-21(20)34-25/h3-14,23H,1-2H3/t23-/m0/s1. The fourth-order valence-electron chi connectivity index (χ4n) is 4.62. The number of anilines is 1. The molecule has 2 aliphatic rings. The quantitative estimate of drug-likeness (QED) is 0.306. The predicted molar refractivity (Wildman–Crippen MR) is 128 cm³/mol. The summed E-state index contributed by atoms with van der Waals surface area (Å²) >= 11 is 1.52. The highest BCUT2D eigenvalue weighted by Crippen LogP contribution is 2.52. The van der Waals surface area contributed by atoms with E-state index in [1.165, 1.54) is 28.6 Å². The van der Waals surface area contributed by atoms with Crippen molar-refractivity contribution in [2.75, 3.05) is 4.90 Å². The first-order valence-corrected chi connectivity index (χ1v) is 11.6. The number of aliphatic imine (C=N–C) groups is 1. The summed E-state index contributed by atoms with van der Waals surface area (Å²) in [6.07, 6.45) is -4.51. The van der Waals surface area contributed by atoms with Crippen molar-refractivity contribution in [1.82, 2.24) is 9.78 Å². The number of nitrogens with zero attached hydrogens (tertiary/aromatic N) is 4. The van der Waals surface area contributed by atoms with Crippen molar-refractivity contribution in [2.45, 2.75) is 31.0 Å². The van der Waals surface area contributed by atoms with Gasteiger partial charge in [-0.2, -0.15) is 18.3 Å². The normalized spacial score (nSPS) is 16.7. The number of thioether (sulfide) groups is 1. The molecule has 0 spiro atoms. The maximum absolute atomic E-state index is 13.9. The number of aromatic nitrogens is 2. The third-order valence-corrected chi connectivity index (χ3v) is 7.21. The molecule has 0 aliphatic carbocycles. The van der Waals surface area contributed by atoms with E-state index < -0.39 is 11.7 Å². The molecule has 4 aromatic rings. The molecular weight excluding hydrogens is 457 g/mol. The van der Waals surface area contributed by atoms with Gasteiger partial charge in [0.25, 0.3) is 0 Å². The molecule has 0 saturated carbocycles. The number of hydrogen-bond donors (Lipinski definition) is 0. The average molecular weight is 477 g/mol. The Kier molecular flexibility index (Phi) is 4.64. The Bertz CT molecular complexity index is 1450. The second kappa shape index (κ2) is 7.50. The van der Waals surface area contributed by atoms with E-state index in [-0.39, 0.29) is 11.7 Å². The van der Waals surface area contributed by atoms with Gasteiger partial charge < -0.3 is 4.90 Å². The molecule has 0 amide bonds. The van der Waals surface area contributed by atoms with Gasteiger partial charge in [-0.25, -0.2) is 9.67 Å². The fourth-order valence-corrected chi connectivity index (χ4v) is 5.67. The predicted octanol–water partition coefficient (Wildman–Crippen LogP) is 7.21. The molecule has 0 radical (unpaired) electrons. The van der Waals surface area contributed by atoms with Gasteiger partial charge in [-0.05, 0) is 55.4 Å². The van der Waals surface area contributed by atoms with Crippen LogP contribution in [0.25, 0.3) is 5.69 Å². The lowest BCUT2D eigenvalue weighted by Crippen LogP contribution is -2.33. The first-order valence-electron chi connectivity index (χ1n) is 10.8. The first-order chi connectivity index (χ1) is 16.3. The van der Waals surface area contributed by atoms with E-state index in [4.69, 9.17) is 4.99 Å². The highest BCUT2D eigenvalue weighted by Gasteiger charge is 2.42. The summed E-state index contributed by atoms with van der Waals surface area (Å²) < 4.78 is 42.9. The molecule has 4 nitrogen and oxygen atoms in total. The maximum atomic E-state index is 13.9. The number of benzene rings is 3. The Morgan fingerprint density at radius 1 is 0.853 bits per heavy atom. The third kappa shape index (κ3) is 3.16. The Balaban J connectivity index is 1.62. The van der Waals surface area contributed by atoms with Crippen LogP contribution in [-0.4, -0.2) is 14.9 Å². The number of aryl methyl sites for hydroxylation is 2. The van der Waals surface area contributed by atoms with E-state index in [0.717, 1.165) is 38.5 Å². The smallest absolute Gasteiger partial charge is 0.308 e. The minimum Gasteiger partial charge on any atom is -0.308 e. The van der Waals surface area contributed by atoms with Gasteiger partial charge in [-0.3, -0.25) is 0 Å². The summed E-state index contributed by atoms with van der Waals surface area (Å²) in [7, 11) is 0. The van der Waals surface area contributed by atoms with Crippen LogP contribution < -0.4 is 4.90 Å². The SMILES string of the molecule is Cc1ccc([C@H]2c3c(C)nn(-c4ccccc4C(F)(F)F)c3N=C3Sc4ccccc4N32)cc1. The number of fused-ring (bicyclic) bond motifs is 4. The summed E-state index contributed by atoms with van der Waals surface area (Å²) in [6.45, 7) is 3.86. The lowest BCUT2D eigenvalue weighted by Gasteiger charge is -2.33. The largest absolute Gasteiger partial charge is 0.418 e. The molecule has 34 heavy (non-hydrogen) atoms. The van der Waals surface area contributed by atoms with E-state index in [2.05, 4.69) is 28.2 Å². The Labute approximate surface area is 198 Å². The van der Waals surface area contributed by atoms with Crippen molar-refractivity contribution in [2.24, 2.45) is 4.99 Å². The van der Waals surface area contributed by atoms with E-state index >= 15 is 0 Å². The molecule has 170 valence electrons. The Morgan fingerprint density at radius 2 is 1.53 bits per heavy atom. The number of para-hydroxylation sites is 2. The zero-order valence-corrected chi connectivity index (χ0v) is 19.2. The van der Waals surface area contributed by atoms with Gasteiger partial charge in [0.1, 0.15) is 0 Å². The number of rotatable bonds is 2. The van der Waals surface area contributed by atoms with Crippen molar-refractivity contribution >= 4 is 28.4 Å². The number of halogens is 3. The van der Waals surface area contributed by atoms with E-state index in [1.54, 1.807) is 6.07 Å². The minimum absolute atomic E-state index is 0.0275. The van der Waals surface area contributed by atoms with Crippen LogP contribution in [0.15, 0.2) is 82.7 Å². The van der Waals surface area contributed by atoms with Crippen LogP contribution in [0.2, 0.25) is 0 Å². The van der Waals surface area contributed by atoms with Crippen molar-refractivity contribution in [1.29, 1.82) is 0 Å². The molecule has 0 bridgehead atoms. The highest BCUT2D eigenvalue weighted by atomic mass is 32.2. The van der Waals surface area contributed by atoms with Crippen molar-refractivity contribution in [3.8, 4) is 5.69 Å². The molecule has 8 heteroatoms. The molecule has 0 N–H and O–H groups in total. The number of alkyl halides is 3. The Morgan fingerprint density at radius 3 is 2.26 bits per heavy atom. The van der Waals surface area contributed by atoms with E-state index in [0.29, 0.717) is 11.5 Å². The molecule has 6 rings (SSSR count). The van der Waals surface area contributed by atoms with Gasteiger partial charge >= 0.3 is 6.18 Å². The molecular formula is C26H19F3N4S. The number of hydrogen-bond acceptors (Lipinski definition) is 4. The van der Waals surface area contributed by atoms with E-state index in [1.807, 2.05) is 44.2 Å². The zero-order chi connectivity index (χ0) is 23.6. The molecule has 0 fully saturated rings. The minimum atomic E-state index is -4.51. The third-order valence-electron chi connectivity index (χ3n) is 6.18. The summed E-state index contributed by atoms with van der Waals surface area (Å²) in [6, 6.07) is 21.5. The van der Waals surface area contributed by atoms with Crippen LogP contribution in [0.1, 0.15) is 34.0 Å². The molecule has 3 aromatic carbocycles. The zero-order valence-electron chi connectivity index (χ0n) is 18.3. The van der Waals surface area contributed by atoms with Crippen LogP contribution >= 0.6 is 11.8 Å². The molecule has 0 unspecified atom stereocenters. The number of amidine groups is 1. The van der Waals surface area contributed by atoms with Gasteiger partial charge in [0.15, 0.2) is 11.0 Å². The van der Waals surface area contributed by atoms with Crippen LogP contribution in [0, 0.1) is 13.8 Å². The summed E-state index contributed by atoms with van der Waals surface area (Å²) in [5.74, 6) is 0.436. The van der Waals surface area contributed by atoms with Gasteiger partial charge in [-0.15, -0.1) is 0 Å². The fraction of sp³-hybridized carbons (Fsp3) is 0.154. The molecule has 0 saturated heterocycles. The highest BCUT2D eigenvalue weighted by molar-refractivity contribution is 8.14. The lowest BCUT2D eigenvalue weighted by molar-refractivity contribution is -0.137. The molecule has 1 aromatic heterocycles. The van der Waals surface area contributed by atoms with Crippen molar-refractivity contribution in [3.63, 3.8) is 0 Å². The van der Waals surface area contributed by atoms with Gasteiger partial charge in [0, 0.05) is 10.5 Å². The van der Waals surface area contributed by atoms with Gasteiger partial charge in [0.2, 0.25) is 0 Å². The van der Waals surface area contributed by atoms with Gasteiger partial charge in [0.05, 0.1) is 28.7 Å². The van der Waals surface area contributed by atoms with Crippen LogP contribution in [0.5, 0.6) is 0 Å². The Hall–Kier alpha value is -3.52. The van der Waals surface area contributed by atoms with Crippen molar-refractivity contribution in [3.05, 3.63) is 101 Å². The topological polar surface area (TPSA) is 33.4 Å². The van der Waals surface area contributed by atoms with E-state index in [9.17, 15) is 13.2 Å². The average Bonchev–Trinajstić information content (AvgIpc) is 3.35. The first kappa shape index (κ1) is 21.0. The van der Waals surface area contributed by atoms with Crippen LogP contribution in [0.4, 0.5) is 24.7 Å². The van der Waals surface area contributed by atoms with Crippen LogP contribution in [-0.2, 0) is 6.18 Å². The molecule has 2 aliphatic heterocycles. The summed E-state index contributed by atoms with van der Waals surface area (Å²) in [5.41, 5.74) is 3.89. The molecule has 1 atom stereocenters. The summed E-state index contributed by atoms with van der Waals surface area (Å²) in [4.78, 5) is 8.11. The summed E-state index contributed by atoms with van der Waals surface area (Å²) in [5, 5.41) is 5.31. The lowest BCUT2D eigenvalue weighted by atomic mass is 9.94. The molecule has 3 heterocycles. The maximum Gasteiger partial charge on any atom is 0.418 e.